The highest BCUT2D eigenvalue weighted by Crippen LogP contribution is 2.10. The van der Waals surface area contributed by atoms with E-state index in [0.717, 1.165) is 32.6 Å². The number of rotatable bonds is 8. The van der Waals surface area contributed by atoms with Gasteiger partial charge in [-0.2, -0.15) is 5.10 Å². The largest absolute Gasteiger partial charge is 0.329 e. The lowest BCUT2D eigenvalue weighted by atomic mass is 10.2. The van der Waals surface area contributed by atoms with Crippen molar-refractivity contribution in [2.45, 2.75) is 47.2 Å². The van der Waals surface area contributed by atoms with Crippen LogP contribution in [0.2, 0.25) is 0 Å². The Balaban J connectivity index is 2.75. The van der Waals surface area contributed by atoms with Crippen molar-refractivity contribution in [3.63, 3.8) is 0 Å². The molecule has 0 bridgehead atoms. The number of nitrogens with zero attached hydrogens (tertiary/aromatic N) is 3. The van der Waals surface area contributed by atoms with Crippen molar-refractivity contribution in [2.24, 2.45) is 11.7 Å². The topological polar surface area (TPSA) is 47.1 Å². The van der Waals surface area contributed by atoms with Crippen LogP contribution in [0.15, 0.2) is 6.07 Å². The van der Waals surface area contributed by atoms with Gasteiger partial charge in [-0.3, -0.25) is 9.58 Å². The number of hydrogen-bond acceptors (Lipinski definition) is 3. The summed E-state index contributed by atoms with van der Waals surface area (Å²) in [5.41, 5.74) is 8.19. The van der Waals surface area contributed by atoms with Gasteiger partial charge in [-0.25, -0.2) is 0 Å². The van der Waals surface area contributed by atoms with Gasteiger partial charge in [0.05, 0.1) is 11.4 Å². The molecule has 1 aromatic rings. The summed E-state index contributed by atoms with van der Waals surface area (Å²) in [4.78, 5) is 2.42. The van der Waals surface area contributed by atoms with Crippen molar-refractivity contribution in [3.8, 4) is 0 Å². The smallest absolute Gasteiger partial charge is 0.0625 e. The lowest BCUT2D eigenvalue weighted by Gasteiger charge is -2.23. The summed E-state index contributed by atoms with van der Waals surface area (Å²) in [6, 6.07) is 2.23. The van der Waals surface area contributed by atoms with Crippen molar-refractivity contribution in [3.05, 3.63) is 17.5 Å². The van der Waals surface area contributed by atoms with Gasteiger partial charge in [0, 0.05) is 32.7 Å². The molecule has 0 saturated heterocycles. The molecule has 104 valence electrons. The fraction of sp³-hybridized carbons (Fsp3) is 0.786. The Morgan fingerprint density at radius 2 is 2.11 bits per heavy atom. The second kappa shape index (κ2) is 7.54. The molecule has 0 saturated carbocycles. The number of aromatic nitrogens is 2. The van der Waals surface area contributed by atoms with E-state index in [1.165, 1.54) is 11.4 Å². The predicted octanol–water partition coefficient (Wildman–Crippen LogP) is 1.88. The highest BCUT2D eigenvalue weighted by molar-refractivity contribution is 5.10. The van der Waals surface area contributed by atoms with Crippen LogP contribution in [0.25, 0.3) is 0 Å². The van der Waals surface area contributed by atoms with Gasteiger partial charge in [-0.05, 0) is 25.3 Å². The fourth-order valence-corrected chi connectivity index (χ4v) is 2.25. The summed E-state index contributed by atoms with van der Waals surface area (Å²) in [6.07, 6.45) is 1.00. The molecule has 0 atom stereocenters. The van der Waals surface area contributed by atoms with E-state index >= 15 is 0 Å². The van der Waals surface area contributed by atoms with Crippen LogP contribution < -0.4 is 5.73 Å². The van der Waals surface area contributed by atoms with Crippen LogP contribution in [0.4, 0.5) is 0 Å². The first kappa shape index (κ1) is 15.2. The maximum absolute atomic E-state index is 5.70. The Kier molecular flexibility index (Phi) is 6.36. The average molecular weight is 252 g/mol. The summed E-state index contributed by atoms with van der Waals surface area (Å²) in [7, 11) is 0. The zero-order chi connectivity index (χ0) is 13.5. The molecular weight excluding hydrogens is 224 g/mol. The Hall–Kier alpha value is -0.870. The van der Waals surface area contributed by atoms with Crippen molar-refractivity contribution in [1.82, 2.24) is 14.7 Å². The molecule has 0 fully saturated rings. The third-order valence-electron chi connectivity index (χ3n) is 3.03. The van der Waals surface area contributed by atoms with E-state index in [4.69, 9.17) is 5.73 Å². The van der Waals surface area contributed by atoms with Gasteiger partial charge in [0.1, 0.15) is 0 Å². The lowest BCUT2D eigenvalue weighted by molar-refractivity contribution is 0.236. The maximum atomic E-state index is 5.70. The molecule has 0 aliphatic rings. The molecule has 0 aliphatic carbocycles. The lowest BCUT2D eigenvalue weighted by Crippen LogP contribution is -2.33. The van der Waals surface area contributed by atoms with Gasteiger partial charge in [0.2, 0.25) is 0 Å². The molecule has 2 N–H and O–H groups in total. The molecular formula is C14H28N4. The minimum atomic E-state index is 0.667. The second-order valence-electron chi connectivity index (χ2n) is 5.21. The Morgan fingerprint density at radius 1 is 1.39 bits per heavy atom. The molecule has 1 rings (SSSR count). The third-order valence-corrected chi connectivity index (χ3v) is 3.03. The van der Waals surface area contributed by atoms with E-state index in [0.29, 0.717) is 12.5 Å². The molecule has 18 heavy (non-hydrogen) atoms. The third kappa shape index (κ3) is 4.42. The monoisotopic (exact) mass is 252 g/mol. The standard InChI is InChI=1S/C14H28N4/c1-5-13-9-14(18(6-2)16-13)11-17(8-7-15)10-12(3)4/h9,12H,5-8,10-11,15H2,1-4H3. The fourth-order valence-electron chi connectivity index (χ4n) is 2.25. The van der Waals surface area contributed by atoms with E-state index in [2.05, 4.69) is 48.4 Å². The molecule has 4 nitrogen and oxygen atoms in total. The van der Waals surface area contributed by atoms with Gasteiger partial charge < -0.3 is 5.73 Å². The Labute approximate surface area is 111 Å². The first-order valence-electron chi connectivity index (χ1n) is 7.08. The van der Waals surface area contributed by atoms with Gasteiger partial charge in [0.25, 0.3) is 0 Å². The highest BCUT2D eigenvalue weighted by Gasteiger charge is 2.12. The zero-order valence-corrected chi connectivity index (χ0v) is 12.3. The number of hydrogen-bond donors (Lipinski definition) is 1. The van der Waals surface area contributed by atoms with Gasteiger partial charge in [0.15, 0.2) is 0 Å². The molecule has 1 heterocycles. The van der Waals surface area contributed by atoms with Crippen molar-refractivity contribution in [1.29, 1.82) is 0 Å². The highest BCUT2D eigenvalue weighted by atomic mass is 15.3. The van der Waals surface area contributed by atoms with Gasteiger partial charge in [-0.1, -0.05) is 20.8 Å². The second-order valence-corrected chi connectivity index (χ2v) is 5.21. The van der Waals surface area contributed by atoms with E-state index in [1.807, 2.05) is 0 Å². The zero-order valence-electron chi connectivity index (χ0n) is 12.3. The van der Waals surface area contributed by atoms with Gasteiger partial charge >= 0.3 is 0 Å². The SMILES string of the molecule is CCc1cc(CN(CCN)CC(C)C)n(CC)n1. The van der Waals surface area contributed by atoms with E-state index in [-0.39, 0.29) is 0 Å². The van der Waals surface area contributed by atoms with Crippen molar-refractivity contribution < 1.29 is 0 Å². The summed E-state index contributed by atoms with van der Waals surface area (Å²) >= 11 is 0. The quantitative estimate of drug-likeness (QED) is 0.768. The summed E-state index contributed by atoms with van der Waals surface area (Å²) in [5, 5.41) is 4.60. The molecule has 0 radical (unpaired) electrons. The Bertz CT molecular complexity index is 344. The molecule has 0 spiro atoms. The summed E-state index contributed by atoms with van der Waals surface area (Å²) in [5.74, 6) is 0.667. The van der Waals surface area contributed by atoms with Crippen LogP contribution >= 0.6 is 0 Å². The maximum Gasteiger partial charge on any atom is 0.0625 e. The van der Waals surface area contributed by atoms with Crippen LogP contribution in [-0.2, 0) is 19.5 Å². The summed E-state index contributed by atoms with van der Waals surface area (Å²) < 4.78 is 2.11. The van der Waals surface area contributed by atoms with Crippen LogP contribution in [0, 0.1) is 5.92 Å². The molecule has 4 heteroatoms. The number of nitrogens with two attached hydrogens (primary N) is 1. The normalized spacial score (nSPS) is 11.7. The predicted molar refractivity (Wildman–Crippen MR) is 76.4 cm³/mol. The number of aryl methyl sites for hydroxylation is 2. The van der Waals surface area contributed by atoms with Crippen LogP contribution in [0.3, 0.4) is 0 Å². The molecule has 0 amide bonds. The first-order valence-corrected chi connectivity index (χ1v) is 7.08. The van der Waals surface area contributed by atoms with Crippen LogP contribution in [-0.4, -0.2) is 34.3 Å². The van der Waals surface area contributed by atoms with Crippen molar-refractivity contribution >= 4 is 0 Å². The van der Waals surface area contributed by atoms with Crippen molar-refractivity contribution in [2.75, 3.05) is 19.6 Å². The minimum absolute atomic E-state index is 0.667. The van der Waals surface area contributed by atoms with E-state index < -0.39 is 0 Å². The molecule has 0 aliphatic heterocycles. The van der Waals surface area contributed by atoms with Crippen LogP contribution in [0.1, 0.15) is 39.1 Å². The van der Waals surface area contributed by atoms with Crippen LogP contribution in [0.5, 0.6) is 0 Å². The Morgan fingerprint density at radius 3 is 2.61 bits per heavy atom. The first-order chi connectivity index (χ1) is 8.60. The van der Waals surface area contributed by atoms with E-state index in [1.54, 1.807) is 0 Å². The average Bonchev–Trinajstić information content (AvgIpc) is 2.71. The molecule has 0 unspecified atom stereocenters. The van der Waals surface area contributed by atoms with Gasteiger partial charge in [-0.15, -0.1) is 0 Å². The molecule has 0 aromatic carbocycles. The molecule has 1 aromatic heterocycles. The van der Waals surface area contributed by atoms with E-state index in [9.17, 15) is 0 Å². The minimum Gasteiger partial charge on any atom is -0.329 e. The summed E-state index contributed by atoms with van der Waals surface area (Å²) in [6.45, 7) is 13.4.